The fourth-order valence-corrected chi connectivity index (χ4v) is 19.7. The van der Waals surface area contributed by atoms with Crippen molar-refractivity contribution < 1.29 is 0 Å². The van der Waals surface area contributed by atoms with Gasteiger partial charge in [-0.2, -0.15) is 10.5 Å². The molecule has 0 spiro atoms. The van der Waals surface area contributed by atoms with E-state index in [9.17, 15) is 10.5 Å². The minimum absolute atomic E-state index is 0.0860. The number of para-hydroxylation sites is 4. The summed E-state index contributed by atoms with van der Waals surface area (Å²) in [7, 11) is 0. The molecule has 0 saturated heterocycles. The van der Waals surface area contributed by atoms with Crippen molar-refractivity contribution >= 4 is 101 Å². The molecule has 0 aliphatic carbocycles. The molecule has 0 unspecified atom stereocenters. The summed E-state index contributed by atoms with van der Waals surface area (Å²) in [5.41, 5.74) is 36.6. The van der Waals surface area contributed by atoms with Gasteiger partial charge >= 0.3 is 0 Å². The lowest BCUT2D eigenvalue weighted by Crippen LogP contribution is -2.61. The molecule has 19 rings (SSSR count). The first kappa shape index (κ1) is 83.1. The van der Waals surface area contributed by atoms with Crippen LogP contribution in [0.4, 0.5) is 34.1 Å². The number of aromatic nitrogens is 2. The van der Waals surface area contributed by atoms with E-state index < -0.39 is 12.1 Å². The minimum atomic E-state index is -0.481. The smallest absolute Gasteiger partial charge is 0.252 e. The van der Waals surface area contributed by atoms with Gasteiger partial charge in [-0.3, -0.25) is 0 Å². The molecule has 15 aromatic carbocycles. The molecule has 4 heterocycles. The molecule has 0 atom stereocenters. The van der Waals surface area contributed by atoms with Gasteiger partial charge in [0, 0.05) is 77.9 Å². The monoisotopic (exact) mass is 1650 g/mol. The maximum absolute atomic E-state index is 11.3. The van der Waals surface area contributed by atoms with Crippen molar-refractivity contribution in [3.63, 3.8) is 0 Å². The zero-order valence-corrected chi connectivity index (χ0v) is 77.6. The molecule has 0 saturated carbocycles. The van der Waals surface area contributed by atoms with E-state index in [4.69, 9.17) is 0 Å². The van der Waals surface area contributed by atoms with E-state index in [1.807, 2.05) is 12.1 Å². The van der Waals surface area contributed by atoms with Crippen LogP contribution in [0.2, 0.25) is 0 Å². The Bertz CT molecular complexity index is 6840. The van der Waals surface area contributed by atoms with Crippen LogP contribution in [0.5, 0.6) is 0 Å². The third-order valence-electron chi connectivity index (χ3n) is 27.0. The first-order chi connectivity index (χ1) is 60.3. The van der Waals surface area contributed by atoms with E-state index in [-0.39, 0.29) is 32.5 Å². The number of fused-ring (bicyclic) bond motifs is 10. The topological polar surface area (TPSA) is 63.9 Å². The molecule has 2 aromatic heterocycles. The van der Waals surface area contributed by atoms with E-state index in [1.54, 1.807) is 0 Å². The van der Waals surface area contributed by atoms with Crippen LogP contribution in [0.3, 0.4) is 0 Å². The van der Waals surface area contributed by atoms with E-state index in [2.05, 4.69) is 468 Å². The quantitative estimate of drug-likeness (QED) is 0.128. The highest BCUT2D eigenvalue weighted by Crippen LogP contribution is 2.57. The van der Waals surface area contributed by atoms with Gasteiger partial charge in [0.05, 0.1) is 56.7 Å². The standard InChI is InChI=1S/C120H113BN6/c1-114(2,3)84-48-44-76(45-49-84)80-62-97(78-34-30-32-74(56-78)72-122)112(99(64-80)82-58-86(116(7,8)9)66-87(59-82)117(10,11)12)126-107-70-91(124-103-40-26-22-36-93(103)94-37-23-27-41-104(94)124)52-54-101(107)121-102-55-53-92(125-105-42-28-24-38-95(105)96-39-25-29-43-106(96)125)71-108(102)127(110-69-90(120(19,20)21)68-109(126)111(110)121)113-98(79-35-31-33-75(57-79)73-123)63-81(77-46-50-85(51-47-77)115(4,5)6)65-100(113)83-60-88(118(13,14)15)67-89(61-83)119(16,17)18/h22-71H,1-21H3. The summed E-state index contributed by atoms with van der Waals surface area (Å²) in [6, 6.07) is 121. The number of nitriles is 2. The summed E-state index contributed by atoms with van der Waals surface area (Å²) in [5.74, 6) is 0. The maximum Gasteiger partial charge on any atom is 0.252 e. The van der Waals surface area contributed by atoms with Crippen LogP contribution in [-0.2, 0) is 37.9 Å². The molecule has 0 fully saturated rings. The largest absolute Gasteiger partial charge is 0.310 e. The second-order valence-corrected chi connectivity index (χ2v) is 43.0. The molecule has 0 N–H and O–H groups in total. The van der Waals surface area contributed by atoms with Crippen LogP contribution in [-0.4, -0.2) is 15.8 Å². The van der Waals surface area contributed by atoms with Crippen LogP contribution in [0.15, 0.2) is 303 Å². The lowest BCUT2D eigenvalue weighted by atomic mass is 9.33. The maximum atomic E-state index is 11.3. The number of rotatable bonds is 10. The molecule has 127 heavy (non-hydrogen) atoms. The lowest BCUT2D eigenvalue weighted by molar-refractivity contribution is 0.568. The van der Waals surface area contributed by atoms with Crippen molar-refractivity contribution in [2.24, 2.45) is 0 Å². The second kappa shape index (κ2) is 30.1. The number of nitrogens with zero attached hydrogens (tertiary/aromatic N) is 6. The Kier molecular flexibility index (Phi) is 19.7. The summed E-state index contributed by atoms with van der Waals surface area (Å²) >= 11 is 0. The van der Waals surface area contributed by atoms with Gasteiger partial charge in [-0.25, -0.2) is 0 Å². The van der Waals surface area contributed by atoms with Gasteiger partial charge in [-0.05, 0) is 247 Å². The van der Waals surface area contributed by atoms with Crippen LogP contribution >= 0.6 is 0 Å². The molecule has 0 bridgehead atoms. The van der Waals surface area contributed by atoms with Crippen LogP contribution in [0, 0.1) is 22.7 Å². The van der Waals surface area contributed by atoms with Crippen molar-refractivity contribution in [2.75, 3.05) is 9.80 Å². The highest BCUT2D eigenvalue weighted by atomic mass is 15.2. The van der Waals surface area contributed by atoms with Crippen LogP contribution in [0.25, 0.3) is 122 Å². The molecular formula is C120H113BN6. The van der Waals surface area contributed by atoms with Crippen molar-refractivity contribution in [2.45, 2.75) is 183 Å². The van der Waals surface area contributed by atoms with Gasteiger partial charge in [0.25, 0.3) is 6.71 Å². The average molecular weight is 1650 g/mol. The summed E-state index contributed by atoms with van der Waals surface area (Å²) in [5, 5.41) is 27.4. The first-order valence-corrected chi connectivity index (χ1v) is 45.2. The van der Waals surface area contributed by atoms with Gasteiger partial charge in [0.15, 0.2) is 0 Å². The highest BCUT2D eigenvalue weighted by Gasteiger charge is 2.47. The Morgan fingerprint density at radius 3 is 0.819 bits per heavy atom. The Balaban J connectivity index is 1.04. The Morgan fingerprint density at radius 2 is 0.520 bits per heavy atom. The molecule has 6 nitrogen and oxygen atoms in total. The van der Waals surface area contributed by atoms with Crippen molar-refractivity contribution in [1.82, 2.24) is 9.13 Å². The van der Waals surface area contributed by atoms with Crippen molar-refractivity contribution in [3.05, 3.63) is 353 Å². The van der Waals surface area contributed by atoms with E-state index in [0.717, 1.165) is 156 Å². The van der Waals surface area contributed by atoms with Crippen molar-refractivity contribution in [1.29, 1.82) is 10.5 Å². The van der Waals surface area contributed by atoms with Gasteiger partial charge < -0.3 is 18.9 Å². The Hall–Kier alpha value is -13.5. The van der Waals surface area contributed by atoms with Crippen LogP contribution in [0.1, 0.15) is 195 Å². The Labute approximate surface area is 752 Å². The van der Waals surface area contributed by atoms with E-state index in [1.165, 1.54) is 54.9 Å². The number of benzene rings is 15. The molecule has 7 heteroatoms. The molecule has 0 amide bonds. The van der Waals surface area contributed by atoms with Gasteiger partial charge in [-0.15, -0.1) is 0 Å². The molecule has 2 aliphatic heterocycles. The normalized spacial score (nSPS) is 13.2. The predicted molar refractivity (Wildman–Crippen MR) is 542 cm³/mol. The van der Waals surface area contributed by atoms with E-state index >= 15 is 0 Å². The fourth-order valence-electron chi connectivity index (χ4n) is 19.7. The SMILES string of the molecule is CC(C)(C)c1ccc(-c2cc(-c3cccc(C#N)c3)c(N3c4cc(-n5c6ccccc6c6ccccc65)ccc4B4c5ccc(-n6c7ccccc7c7ccccc76)cc5N(c5c(-c6cccc(C#N)c6)cc(-c6ccc(C(C)(C)C)cc6)cc5-c5cc(C(C)(C)C)cc(C(C)(C)C)c5)c5cc(C(C)(C)C)cc3c54)c(-c3cc(C(C)(C)C)cc(C(C)(C)C)c3)c2)cc1. The summed E-state index contributed by atoms with van der Waals surface area (Å²) in [6.45, 7) is 48.7. The molecule has 2 aliphatic rings. The number of anilines is 6. The van der Waals surface area contributed by atoms with Gasteiger partial charge in [0.2, 0.25) is 0 Å². The predicted octanol–water partition coefficient (Wildman–Crippen LogP) is 30.8. The highest BCUT2D eigenvalue weighted by molar-refractivity contribution is 7.00. The minimum Gasteiger partial charge on any atom is -0.310 e. The molecular weight excluding hydrogens is 1540 g/mol. The zero-order chi connectivity index (χ0) is 89.3. The molecule has 626 valence electrons. The average Bonchev–Trinajstić information content (AvgIpc) is 0.716. The van der Waals surface area contributed by atoms with Gasteiger partial charge in [-0.1, -0.05) is 340 Å². The summed E-state index contributed by atoms with van der Waals surface area (Å²) < 4.78 is 4.98. The third kappa shape index (κ3) is 14.6. The fraction of sp³-hybridized carbons (Fsp3) is 0.233. The second-order valence-electron chi connectivity index (χ2n) is 43.0. The first-order valence-electron chi connectivity index (χ1n) is 45.2. The van der Waals surface area contributed by atoms with Crippen LogP contribution < -0.4 is 26.2 Å². The summed E-state index contributed by atoms with van der Waals surface area (Å²) in [6.07, 6.45) is 0. The third-order valence-corrected chi connectivity index (χ3v) is 27.0. The van der Waals surface area contributed by atoms with Crippen molar-refractivity contribution in [3.8, 4) is 90.3 Å². The van der Waals surface area contributed by atoms with Gasteiger partial charge in [0.1, 0.15) is 0 Å². The Morgan fingerprint density at radius 1 is 0.228 bits per heavy atom. The molecule has 17 aromatic rings. The molecule has 0 radical (unpaired) electrons. The number of hydrogen-bond acceptors (Lipinski definition) is 4. The zero-order valence-electron chi connectivity index (χ0n) is 77.6. The van der Waals surface area contributed by atoms with E-state index in [0.29, 0.717) is 11.1 Å². The summed E-state index contributed by atoms with van der Waals surface area (Å²) in [4.78, 5) is 5.41. The number of hydrogen-bond donors (Lipinski definition) is 0. The lowest BCUT2D eigenvalue weighted by Gasteiger charge is -2.46.